The lowest BCUT2D eigenvalue weighted by atomic mass is 10.0. The molecule has 2 aliphatic heterocycles. The summed E-state index contributed by atoms with van der Waals surface area (Å²) in [5, 5.41) is 0. The van der Waals surface area contributed by atoms with Crippen LogP contribution in [-0.2, 0) is 22.9 Å². The van der Waals surface area contributed by atoms with Crippen molar-refractivity contribution >= 4 is 9.84 Å². The van der Waals surface area contributed by atoms with E-state index in [4.69, 9.17) is 4.74 Å². The number of nitrogens with one attached hydrogen (secondary N) is 1. The summed E-state index contributed by atoms with van der Waals surface area (Å²) in [7, 11) is -3.02. The standard InChI is InChI=1S/C19H26N4O3S/c1-2-26-17-5-3-4-15(8-17)10-22-6-7-23(11-16-9-20-14-21-16)19-13-27(24,25)12-18(19)22/h3-5,8-9,14,18-19H,2,6-7,10-13H2,1H3,(H,20,21)/t18-,19+/m0/s1. The predicted octanol–water partition coefficient (Wildman–Crippen LogP) is 1.29. The first-order valence-corrected chi connectivity index (χ1v) is 11.2. The fraction of sp³-hybridized carbons (Fsp3) is 0.526. The minimum Gasteiger partial charge on any atom is -0.494 e. The van der Waals surface area contributed by atoms with Gasteiger partial charge in [0.1, 0.15) is 5.75 Å². The van der Waals surface area contributed by atoms with Crippen molar-refractivity contribution < 1.29 is 13.2 Å². The van der Waals surface area contributed by atoms with Crippen LogP contribution < -0.4 is 4.74 Å². The highest BCUT2D eigenvalue weighted by Gasteiger charge is 2.46. The number of H-pyrrole nitrogens is 1. The number of aromatic amines is 1. The molecule has 2 fully saturated rings. The maximum Gasteiger partial charge on any atom is 0.153 e. The number of rotatable bonds is 6. The average molecular weight is 391 g/mol. The molecule has 0 unspecified atom stereocenters. The summed E-state index contributed by atoms with van der Waals surface area (Å²) in [6, 6.07) is 8.15. The van der Waals surface area contributed by atoms with Crippen LogP contribution in [0.25, 0.3) is 0 Å². The van der Waals surface area contributed by atoms with Gasteiger partial charge in [-0.2, -0.15) is 0 Å². The SMILES string of the molecule is CCOc1cccc(CN2CCN(Cc3cnc[nH]3)[C@@H]3CS(=O)(=O)C[C@@H]32)c1. The molecule has 0 aliphatic carbocycles. The Morgan fingerprint density at radius 1 is 1.19 bits per heavy atom. The number of fused-ring (bicyclic) bond motifs is 1. The normalized spacial score (nSPS) is 25.4. The lowest BCUT2D eigenvalue weighted by molar-refractivity contribution is 0.0348. The van der Waals surface area contributed by atoms with E-state index in [-0.39, 0.29) is 23.6 Å². The Bertz CT molecular complexity index is 869. The van der Waals surface area contributed by atoms with E-state index >= 15 is 0 Å². The first-order chi connectivity index (χ1) is 13.0. The summed E-state index contributed by atoms with van der Waals surface area (Å²) in [5.74, 6) is 1.34. The van der Waals surface area contributed by atoms with E-state index in [9.17, 15) is 8.42 Å². The Morgan fingerprint density at radius 3 is 2.59 bits per heavy atom. The zero-order valence-corrected chi connectivity index (χ0v) is 16.4. The molecule has 0 spiro atoms. The lowest BCUT2D eigenvalue weighted by Crippen LogP contribution is -2.58. The summed E-state index contributed by atoms with van der Waals surface area (Å²) >= 11 is 0. The fourth-order valence-corrected chi connectivity index (χ4v) is 6.26. The van der Waals surface area contributed by atoms with E-state index in [1.807, 2.05) is 25.3 Å². The van der Waals surface area contributed by atoms with Gasteiger partial charge in [-0.15, -0.1) is 0 Å². The molecule has 2 aromatic rings. The molecule has 1 aromatic carbocycles. The van der Waals surface area contributed by atoms with Crippen LogP contribution in [0.3, 0.4) is 0 Å². The zero-order valence-electron chi connectivity index (χ0n) is 15.5. The summed E-state index contributed by atoms with van der Waals surface area (Å²) in [5.41, 5.74) is 2.18. The molecule has 2 aliphatic rings. The molecule has 0 bridgehead atoms. The van der Waals surface area contributed by atoms with Crippen LogP contribution >= 0.6 is 0 Å². The third kappa shape index (κ3) is 4.17. The second-order valence-electron chi connectivity index (χ2n) is 7.31. The number of aromatic nitrogens is 2. The maximum atomic E-state index is 12.4. The molecule has 4 rings (SSSR count). The summed E-state index contributed by atoms with van der Waals surface area (Å²) in [6.07, 6.45) is 3.48. The summed E-state index contributed by atoms with van der Waals surface area (Å²) in [6.45, 7) is 5.77. The van der Waals surface area contributed by atoms with Crippen LogP contribution in [-0.4, -0.2) is 71.5 Å². The van der Waals surface area contributed by atoms with Gasteiger partial charge in [-0.25, -0.2) is 13.4 Å². The molecule has 7 nitrogen and oxygen atoms in total. The number of nitrogens with zero attached hydrogens (tertiary/aromatic N) is 3. The van der Waals surface area contributed by atoms with Crippen LogP contribution in [0.5, 0.6) is 5.75 Å². The van der Waals surface area contributed by atoms with Crippen molar-refractivity contribution in [3.05, 3.63) is 48.0 Å². The van der Waals surface area contributed by atoms with Crippen molar-refractivity contribution in [2.45, 2.75) is 32.1 Å². The van der Waals surface area contributed by atoms with Gasteiger partial charge in [-0.1, -0.05) is 12.1 Å². The van der Waals surface area contributed by atoms with Crippen LogP contribution in [0.1, 0.15) is 18.2 Å². The van der Waals surface area contributed by atoms with E-state index in [0.717, 1.165) is 36.6 Å². The van der Waals surface area contributed by atoms with E-state index in [1.54, 1.807) is 6.33 Å². The first kappa shape index (κ1) is 18.5. The van der Waals surface area contributed by atoms with Gasteiger partial charge in [0.05, 0.1) is 24.4 Å². The Hall–Kier alpha value is -1.90. The number of hydrogen-bond donors (Lipinski definition) is 1. The highest BCUT2D eigenvalue weighted by molar-refractivity contribution is 7.91. The number of ether oxygens (including phenoxy) is 1. The van der Waals surface area contributed by atoms with Gasteiger partial charge < -0.3 is 9.72 Å². The van der Waals surface area contributed by atoms with Gasteiger partial charge in [0.15, 0.2) is 9.84 Å². The molecule has 8 heteroatoms. The number of benzene rings is 1. The zero-order chi connectivity index (χ0) is 18.9. The van der Waals surface area contributed by atoms with E-state index < -0.39 is 9.84 Å². The summed E-state index contributed by atoms with van der Waals surface area (Å²) in [4.78, 5) is 11.8. The van der Waals surface area contributed by atoms with Gasteiger partial charge >= 0.3 is 0 Å². The predicted molar refractivity (Wildman–Crippen MR) is 103 cm³/mol. The highest BCUT2D eigenvalue weighted by Crippen LogP contribution is 2.29. The van der Waals surface area contributed by atoms with E-state index in [0.29, 0.717) is 13.2 Å². The number of piperazine rings is 1. The maximum absolute atomic E-state index is 12.4. The molecule has 2 saturated heterocycles. The largest absolute Gasteiger partial charge is 0.494 e. The van der Waals surface area contributed by atoms with E-state index in [2.05, 4.69) is 31.9 Å². The molecule has 0 amide bonds. The molecule has 2 atom stereocenters. The molecule has 0 radical (unpaired) electrons. The quantitative estimate of drug-likeness (QED) is 0.801. The van der Waals surface area contributed by atoms with Crippen molar-refractivity contribution in [2.24, 2.45) is 0 Å². The van der Waals surface area contributed by atoms with Crippen LogP contribution in [0.15, 0.2) is 36.8 Å². The Balaban J connectivity index is 1.51. The third-order valence-electron chi connectivity index (χ3n) is 5.43. The van der Waals surface area contributed by atoms with Crippen molar-refractivity contribution in [2.75, 3.05) is 31.2 Å². The van der Waals surface area contributed by atoms with Gasteiger partial charge in [0.2, 0.25) is 0 Å². The second-order valence-corrected chi connectivity index (χ2v) is 9.46. The van der Waals surface area contributed by atoms with Crippen LogP contribution in [0.2, 0.25) is 0 Å². The van der Waals surface area contributed by atoms with Crippen molar-refractivity contribution in [3.63, 3.8) is 0 Å². The Labute approximate surface area is 160 Å². The number of sulfone groups is 1. The monoisotopic (exact) mass is 390 g/mol. The molecule has 1 N–H and O–H groups in total. The second kappa shape index (κ2) is 7.61. The van der Waals surface area contributed by atoms with Crippen molar-refractivity contribution in [1.82, 2.24) is 19.8 Å². The Morgan fingerprint density at radius 2 is 1.93 bits per heavy atom. The van der Waals surface area contributed by atoms with Crippen LogP contribution in [0.4, 0.5) is 0 Å². The average Bonchev–Trinajstić information content (AvgIpc) is 3.24. The Kier molecular flexibility index (Phi) is 5.21. The lowest BCUT2D eigenvalue weighted by Gasteiger charge is -2.43. The molecule has 1 aromatic heterocycles. The van der Waals surface area contributed by atoms with Gasteiger partial charge in [0, 0.05) is 50.2 Å². The molecule has 3 heterocycles. The minimum absolute atomic E-state index is 0.0297. The molecule has 0 saturated carbocycles. The minimum atomic E-state index is -3.02. The molecular formula is C19H26N4O3S. The summed E-state index contributed by atoms with van der Waals surface area (Å²) < 4.78 is 30.4. The van der Waals surface area contributed by atoms with Gasteiger partial charge in [-0.05, 0) is 24.6 Å². The molecule has 146 valence electrons. The van der Waals surface area contributed by atoms with Crippen molar-refractivity contribution in [1.29, 1.82) is 0 Å². The van der Waals surface area contributed by atoms with Crippen LogP contribution in [0, 0.1) is 0 Å². The van der Waals surface area contributed by atoms with Gasteiger partial charge in [-0.3, -0.25) is 9.80 Å². The first-order valence-electron chi connectivity index (χ1n) is 9.41. The topological polar surface area (TPSA) is 78.5 Å². The fourth-order valence-electron chi connectivity index (χ4n) is 4.21. The van der Waals surface area contributed by atoms with E-state index in [1.165, 1.54) is 0 Å². The smallest absolute Gasteiger partial charge is 0.153 e. The third-order valence-corrected chi connectivity index (χ3v) is 7.13. The van der Waals surface area contributed by atoms with Gasteiger partial charge in [0.25, 0.3) is 0 Å². The van der Waals surface area contributed by atoms with Crippen molar-refractivity contribution in [3.8, 4) is 5.75 Å². The molecule has 27 heavy (non-hydrogen) atoms. The number of imidazole rings is 1. The highest BCUT2D eigenvalue weighted by atomic mass is 32.2. The molecular weight excluding hydrogens is 364 g/mol. The number of hydrogen-bond acceptors (Lipinski definition) is 6.